The molecule has 0 saturated carbocycles. The monoisotopic (exact) mass is 250 g/mol. The van der Waals surface area contributed by atoms with E-state index in [1.54, 1.807) is 6.20 Å². The Labute approximate surface area is 108 Å². The molecule has 1 amide bonds. The van der Waals surface area contributed by atoms with Crippen molar-refractivity contribution in [2.45, 2.75) is 45.3 Å². The Morgan fingerprint density at radius 3 is 3.00 bits per heavy atom. The number of carbonyl (C=O) groups is 1. The highest BCUT2D eigenvalue weighted by molar-refractivity contribution is 5.82. The molecule has 1 aliphatic rings. The third-order valence-electron chi connectivity index (χ3n) is 3.22. The Morgan fingerprint density at radius 1 is 1.50 bits per heavy atom. The van der Waals surface area contributed by atoms with E-state index in [4.69, 9.17) is 0 Å². The zero-order valence-corrected chi connectivity index (χ0v) is 11.2. The van der Waals surface area contributed by atoms with Gasteiger partial charge in [0.05, 0.1) is 12.6 Å². The predicted octanol–water partition coefficient (Wildman–Crippen LogP) is 0.872. The highest BCUT2D eigenvalue weighted by Crippen LogP contribution is 2.12. The fourth-order valence-electron chi connectivity index (χ4n) is 2.38. The van der Waals surface area contributed by atoms with E-state index >= 15 is 0 Å². The minimum Gasteiger partial charge on any atom is -0.339 e. The highest BCUT2D eigenvalue weighted by Gasteiger charge is 2.28. The van der Waals surface area contributed by atoms with Gasteiger partial charge >= 0.3 is 0 Å². The smallest absolute Gasteiger partial charge is 0.239 e. The van der Waals surface area contributed by atoms with Crippen molar-refractivity contribution >= 4 is 5.91 Å². The molecule has 1 aromatic heterocycles. The summed E-state index contributed by atoms with van der Waals surface area (Å²) in [6, 6.07) is 2.25. The lowest BCUT2D eigenvalue weighted by atomic mass is 10.0. The fraction of sp³-hybridized carbons (Fsp3) is 0.692. The first-order valence-corrected chi connectivity index (χ1v) is 6.69. The molecule has 2 heterocycles. The predicted molar refractivity (Wildman–Crippen MR) is 70.1 cm³/mol. The van der Waals surface area contributed by atoms with Gasteiger partial charge in [-0.25, -0.2) is 0 Å². The van der Waals surface area contributed by atoms with Gasteiger partial charge in [-0.05, 0) is 18.9 Å². The molecule has 2 rings (SSSR count). The maximum absolute atomic E-state index is 12.3. The van der Waals surface area contributed by atoms with Crippen LogP contribution in [0.15, 0.2) is 18.5 Å². The number of hydrogen-bond acceptors (Lipinski definition) is 3. The lowest BCUT2D eigenvalue weighted by Gasteiger charge is -2.33. The number of hydrogen-bond donors (Lipinski definition) is 1. The molecule has 0 bridgehead atoms. The number of piperidine rings is 1. The molecule has 0 radical (unpaired) electrons. The summed E-state index contributed by atoms with van der Waals surface area (Å²) in [5.74, 6) is 0.238. The number of likely N-dealkylation sites (tertiary alicyclic amines) is 1. The number of nitrogens with one attached hydrogen (secondary N) is 1. The van der Waals surface area contributed by atoms with Gasteiger partial charge < -0.3 is 10.2 Å². The Bertz CT molecular complexity index is 374. The van der Waals surface area contributed by atoms with Crippen molar-refractivity contribution in [2.24, 2.45) is 0 Å². The van der Waals surface area contributed by atoms with Crippen LogP contribution in [0.3, 0.4) is 0 Å². The highest BCUT2D eigenvalue weighted by atomic mass is 16.2. The number of aromatic nitrogens is 2. The van der Waals surface area contributed by atoms with Gasteiger partial charge in [0.15, 0.2) is 0 Å². The maximum Gasteiger partial charge on any atom is 0.239 e. The van der Waals surface area contributed by atoms with E-state index in [1.165, 1.54) is 0 Å². The Kier molecular flexibility index (Phi) is 4.36. The van der Waals surface area contributed by atoms with Crippen LogP contribution < -0.4 is 5.32 Å². The van der Waals surface area contributed by atoms with E-state index < -0.39 is 0 Å². The molecule has 5 nitrogen and oxygen atoms in total. The first-order valence-electron chi connectivity index (χ1n) is 6.69. The molecule has 1 saturated heterocycles. The number of amides is 1. The molecule has 18 heavy (non-hydrogen) atoms. The Morgan fingerprint density at radius 2 is 2.33 bits per heavy atom. The van der Waals surface area contributed by atoms with Crippen LogP contribution in [0, 0.1) is 0 Å². The standard InChI is InChI=1S/C13H22N4O/c1-11(2)15-12-5-3-7-16(13(12)18)9-10-17-8-4-6-14-17/h4,6,8,11-12,15H,3,5,7,9-10H2,1-2H3. The van der Waals surface area contributed by atoms with Gasteiger partial charge in [0.2, 0.25) is 5.91 Å². The molecule has 100 valence electrons. The minimum absolute atomic E-state index is 0.00336. The normalized spacial score (nSPS) is 20.7. The lowest BCUT2D eigenvalue weighted by molar-refractivity contribution is -0.136. The zero-order valence-electron chi connectivity index (χ0n) is 11.2. The van der Waals surface area contributed by atoms with E-state index in [0.29, 0.717) is 6.04 Å². The average Bonchev–Trinajstić information content (AvgIpc) is 2.83. The van der Waals surface area contributed by atoms with Gasteiger partial charge in [0, 0.05) is 31.5 Å². The summed E-state index contributed by atoms with van der Waals surface area (Å²) in [4.78, 5) is 14.2. The molecule has 0 spiro atoms. The van der Waals surface area contributed by atoms with Crippen LogP contribution in [0.25, 0.3) is 0 Å². The van der Waals surface area contributed by atoms with Crippen LogP contribution in [-0.2, 0) is 11.3 Å². The number of nitrogens with zero attached hydrogens (tertiary/aromatic N) is 3. The summed E-state index contributed by atoms with van der Waals surface area (Å²) < 4.78 is 1.87. The zero-order chi connectivity index (χ0) is 13.0. The molecule has 0 aliphatic carbocycles. The first-order chi connectivity index (χ1) is 8.66. The van der Waals surface area contributed by atoms with Gasteiger partial charge in [-0.1, -0.05) is 13.8 Å². The van der Waals surface area contributed by atoms with Crippen molar-refractivity contribution in [3.05, 3.63) is 18.5 Å². The van der Waals surface area contributed by atoms with Gasteiger partial charge in [-0.2, -0.15) is 5.10 Å². The van der Waals surface area contributed by atoms with Gasteiger partial charge in [-0.3, -0.25) is 9.48 Å². The molecule has 1 fully saturated rings. The van der Waals surface area contributed by atoms with Crippen molar-refractivity contribution in [1.29, 1.82) is 0 Å². The summed E-state index contributed by atoms with van der Waals surface area (Å²) in [6.07, 6.45) is 5.73. The Balaban J connectivity index is 1.86. The summed E-state index contributed by atoms with van der Waals surface area (Å²) in [5.41, 5.74) is 0. The van der Waals surface area contributed by atoms with Crippen LogP contribution in [0.4, 0.5) is 0 Å². The third kappa shape index (κ3) is 3.32. The van der Waals surface area contributed by atoms with Crippen molar-refractivity contribution < 1.29 is 4.79 Å². The Hall–Kier alpha value is -1.36. The van der Waals surface area contributed by atoms with Crippen LogP contribution >= 0.6 is 0 Å². The van der Waals surface area contributed by atoms with Crippen molar-refractivity contribution in [3.8, 4) is 0 Å². The molecule has 1 aromatic rings. The maximum atomic E-state index is 12.3. The summed E-state index contributed by atoms with van der Waals surface area (Å²) >= 11 is 0. The second-order valence-electron chi connectivity index (χ2n) is 5.11. The minimum atomic E-state index is -0.00336. The molecule has 5 heteroatoms. The number of rotatable bonds is 5. The average molecular weight is 250 g/mol. The van der Waals surface area contributed by atoms with E-state index in [1.807, 2.05) is 21.8 Å². The van der Waals surface area contributed by atoms with Crippen LogP contribution in [0.2, 0.25) is 0 Å². The molecule has 0 aromatic carbocycles. The molecular weight excluding hydrogens is 228 g/mol. The van der Waals surface area contributed by atoms with Crippen LogP contribution in [-0.4, -0.2) is 45.8 Å². The van der Waals surface area contributed by atoms with E-state index in [2.05, 4.69) is 24.3 Å². The second-order valence-corrected chi connectivity index (χ2v) is 5.11. The molecule has 1 N–H and O–H groups in total. The van der Waals surface area contributed by atoms with Gasteiger partial charge in [0.1, 0.15) is 0 Å². The number of carbonyl (C=O) groups excluding carboxylic acids is 1. The molecule has 1 unspecified atom stereocenters. The quantitative estimate of drug-likeness (QED) is 0.843. The molecule has 1 atom stereocenters. The largest absolute Gasteiger partial charge is 0.339 e. The van der Waals surface area contributed by atoms with Crippen LogP contribution in [0.1, 0.15) is 26.7 Å². The SMILES string of the molecule is CC(C)NC1CCCN(CCn2cccn2)C1=O. The van der Waals surface area contributed by atoms with Crippen LogP contribution in [0.5, 0.6) is 0 Å². The lowest BCUT2D eigenvalue weighted by Crippen LogP contribution is -2.52. The second kappa shape index (κ2) is 6.00. The molecular formula is C13H22N4O. The third-order valence-corrected chi connectivity index (χ3v) is 3.22. The van der Waals surface area contributed by atoms with Crippen molar-refractivity contribution in [2.75, 3.05) is 13.1 Å². The van der Waals surface area contributed by atoms with Gasteiger partial charge in [0.25, 0.3) is 0 Å². The van der Waals surface area contributed by atoms with E-state index in [-0.39, 0.29) is 11.9 Å². The van der Waals surface area contributed by atoms with E-state index in [9.17, 15) is 4.79 Å². The summed E-state index contributed by atoms with van der Waals surface area (Å²) in [5, 5.41) is 7.50. The van der Waals surface area contributed by atoms with Gasteiger partial charge in [-0.15, -0.1) is 0 Å². The van der Waals surface area contributed by atoms with E-state index in [0.717, 1.165) is 32.5 Å². The van der Waals surface area contributed by atoms with Crippen molar-refractivity contribution in [3.63, 3.8) is 0 Å². The first kappa shape index (κ1) is 13.1. The topological polar surface area (TPSA) is 50.2 Å². The van der Waals surface area contributed by atoms with Crippen molar-refractivity contribution in [1.82, 2.24) is 20.0 Å². The summed E-state index contributed by atoms with van der Waals surface area (Å²) in [6.45, 7) is 6.55. The molecule has 1 aliphatic heterocycles. The fourth-order valence-corrected chi connectivity index (χ4v) is 2.38. The summed E-state index contributed by atoms with van der Waals surface area (Å²) in [7, 11) is 0.